The molecule has 2 N–H and O–H groups in total. The second-order valence-corrected chi connectivity index (χ2v) is 6.83. The van der Waals surface area contributed by atoms with Crippen molar-refractivity contribution in [1.29, 1.82) is 0 Å². The molecule has 1 saturated heterocycles. The third kappa shape index (κ3) is 5.56. The molecule has 0 spiro atoms. The van der Waals surface area contributed by atoms with E-state index >= 15 is 0 Å². The highest BCUT2D eigenvalue weighted by Gasteiger charge is 2.37. The van der Waals surface area contributed by atoms with Crippen molar-refractivity contribution >= 4 is 12.1 Å². The topological polar surface area (TPSA) is 78.9 Å². The number of carboxylic acids is 1. The number of carbonyl (C=O) groups is 2. The Bertz CT molecular complexity index is 751. The Morgan fingerprint density at radius 1 is 1.00 bits per heavy atom. The molecule has 6 nitrogen and oxygen atoms in total. The summed E-state index contributed by atoms with van der Waals surface area (Å²) in [4.78, 5) is 25.6. The van der Waals surface area contributed by atoms with E-state index in [1.165, 1.54) is 0 Å². The number of hydrogen-bond acceptors (Lipinski definition) is 4. The van der Waals surface area contributed by atoms with E-state index in [0.717, 1.165) is 11.1 Å². The maximum absolute atomic E-state index is 11.9. The predicted molar refractivity (Wildman–Crippen MR) is 101 cm³/mol. The standard InChI is InChI=1S/C21H24N2O4/c24-20(25)19-14-23(12-16-7-3-1-4-8-16)13-18(19)11-22-21(26)27-15-17-9-5-2-6-10-17/h1-10,18-19H,11-15H2,(H,22,26)(H,24,25)/t18-,19-/m1/s1. The molecule has 1 amide bonds. The van der Waals surface area contributed by atoms with Crippen LogP contribution in [0.25, 0.3) is 0 Å². The first-order chi connectivity index (χ1) is 13.1. The first-order valence-corrected chi connectivity index (χ1v) is 9.05. The van der Waals surface area contributed by atoms with Crippen LogP contribution in [0.4, 0.5) is 4.79 Å². The van der Waals surface area contributed by atoms with E-state index < -0.39 is 18.0 Å². The zero-order valence-corrected chi connectivity index (χ0v) is 15.1. The molecule has 1 heterocycles. The van der Waals surface area contributed by atoms with Crippen molar-refractivity contribution < 1.29 is 19.4 Å². The monoisotopic (exact) mass is 368 g/mol. The van der Waals surface area contributed by atoms with Crippen molar-refractivity contribution in [3.8, 4) is 0 Å². The number of rotatable bonds is 7. The number of carbonyl (C=O) groups excluding carboxylic acids is 1. The first-order valence-electron chi connectivity index (χ1n) is 9.05. The highest BCUT2D eigenvalue weighted by Crippen LogP contribution is 2.25. The molecule has 27 heavy (non-hydrogen) atoms. The number of likely N-dealkylation sites (tertiary alicyclic amines) is 1. The molecule has 2 atom stereocenters. The van der Waals surface area contributed by atoms with Gasteiger partial charge in [0.1, 0.15) is 6.61 Å². The molecule has 0 aliphatic carbocycles. The number of nitrogens with one attached hydrogen (secondary N) is 1. The van der Waals surface area contributed by atoms with Crippen LogP contribution in [0.3, 0.4) is 0 Å². The van der Waals surface area contributed by atoms with Gasteiger partial charge in [-0.1, -0.05) is 60.7 Å². The molecule has 0 bridgehead atoms. The van der Waals surface area contributed by atoms with Crippen molar-refractivity contribution in [3.05, 3.63) is 71.8 Å². The fourth-order valence-corrected chi connectivity index (χ4v) is 3.41. The first kappa shape index (κ1) is 18.9. The minimum atomic E-state index is -0.824. The van der Waals surface area contributed by atoms with Gasteiger partial charge in [-0.15, -0.1) is 0 Å². The third-order valence-electron chi connectivity index (χ3n) is 4.80. The third-order valence-corrected chi connectivity index (χ3v) is 4.80. The summed E-state index contributed by atoms with van der Waals surface area (Å²) in [5.41, 5.74) is 2.06. The van der Waals surface area contributed by atoms with Gasteiger partial charge in [0.25, 0.3) is 0 Å². The number of ether oxygens (including phenoxy) is 1. The summed E-state index contributed by atoms with van der Waals surface area (Å²) < 4.78 is 5.20. The van der Waals surface area contributed by atoms with Crippen molar-refractivity contribution in [2.24, 2.45) is 11.8 Å². The van der Waals surface area contributed by atoms with Crippen LogP contribution in [0, 0.1) is 11.8 Å². The van der Waals surface area contributed by atoms with Crippen LogP contribution in [0.15, 0.2) is 60.7 Å². The lowest BCUT2D eigenvalue weighted by molar-refractivity contribution is -0.142. The van der Waals surface area contributed by atoms with Crippen LogP contribution in [0.1, 0.15) is 11.1 Å². The van der Waals surface area contributed by atoms with E-state index in [1.807, 2.05) is 60.7 Å². The maximum Gasteiger partial charge on any atom is 0.407 e. The maximum atomic E-state index is 11.9. The van der Waals surface area contributed by atoms with Gasteiger partial charge in [-0.3, -0.25) is 9.69 Å². The number of amides is 1. The molecule has 0 unspecified atom stereocenters. The Labute approximate surface area is 158 Å². The van der Waals surface area contributed by atoms with E-state index in [2.05, 4.69) is 10.2 Å². The van der Waals surface area contributed by atoms with Crippen LogP contribution >= 0.6 is 0 Å². The molecule has 1 aliphatic rings. The van der Waals surface area contributed by atoms with E-state index in [4.69, 9.17) is 4.74 Å². The molecule has 2 aromatic carbocycles. The minimum absolute atomic E-state index is 0.143. The van der Waals surface area contributed by atoms with E-state index in [0.29, 0.717) is 19.6 Å². The Morgan fingerprint density at radius 3 is 2.26 bits per heavy atom. The van der Waals surface area contributed by atoms with Gasteiger partial charge >= 0.3 is 12.1 Å². The summed E-state index contributed by atoms with van der Waals surface area (Å²) in [5.74, 6) is -1.46. The van der Waals surface area contributed by atoms with Crippen LogP contribution in [0.5, 0.6) is 0 Å². The summed E-state index contributed by atoms with van der Waals surface area (Å²) in [6.45, 7) is 2.30. The smallest absolute Gasteiger partial charge is 0.407 e. The lowest BCUT2D eigenvalue weighted by Gasteiger charge is -2.16. The fraction of sp³-hybridized carbons (Fsp3) is 0.333. The number of hydrogen-bond donors (Lipinski definition) is 2. The van der Waals surface area contributed by atoms with Crippen molar-refractivity contribution in [1.82, 2.24) is 10.2 Å². The summed E-state index contributed by atoms with van der Waals surface area (Å²) in [6, 6.07) is 19.4. The molecule has 6 heteroatoms. The largest absolute Gasteiger partial charge is 0.481 e. The van der Waals surface area contributed by atoms with Gasteiger partial charge in [0.2, 0.25) is 0 Å². The summed E-state index contributed by atoms with van der Waals surface area (Å²) in [7, 11) is 0. The zero-order valence-electron chi connectivity index (χ0n) is 15.1. The fourth-order valence-electron chi connectivity index (χ4n) is 3.41. The van der Waals surface area contributed by atoms with Gasteiger partial charge < -0.3 is 15.2 Å². The second kappa shape index (κ2) is 9.19. The van der Waals surface area contributed by atoms with Crippen LogP contribution in [-0.4, -0.2) is 41.7 Å². The minimum Gasteiger partial charge on any atom is -0.481 e. The summed E-state index contributed by atoms with van der Waals surface area (Å²) in [5, 5.41) is 12.2. The van der Waals surface area contributed by atoms with Gasteiger partial charge in [0.05, 0.1) is 5.92 Å². The van der Waals surface area contributed by atoms with Gasteiger partial charge in [0.15, 0.2) is 0 Å². The van der Waals surface area contributed by atoms with Crippen molar-refractivity contribution in [2.45, 2.75) is 13.2 Å². The van der Waals surface area contributed by atoms with E-state index in [-0.39, 0.29) is 19.1 Å². The van der Waals surface area contributed by atoms with E-state index in [9.17, 15) is 14.7 Å². The highest BCUT2D eigenvalue weighted by molar-refractivity contribution is 5.71. The van der Waals surface area contributed by atoms with Gasteiger partial charge in [0, 0.05) is 32.1 Å². The van der Waals surface area contributed by atoms with Gasteiger partial charge in [-0.25, -0.2) is 4.79 Å². The lowest BCUT2D eigenvalue weighted by Crippen LogP contribution is -2.35. The Kier molecular flexibility index (Phi) is 6.44. The molecular weight excluding hydrogens is 344 g/mol. The van der Waals surface area contributed by atoms with Gasteiger partial charge in [-0.05, 0) is 11.1 Å². The molecule has 0 saturated carbocycles. The zero-order chi connectivity index (χ0) is 19.1. The average molecular weight is 368 g/mol. The number of aliphatic carboxylic acids is 1. The Morgan fingerprint density at radius 2 is 1.63 bits per heavy atom. The quantitative estimate of drug-likeness (QED) is 0.786. The molecule has 1 aliphatic heterocycles. The molecule has 1 fully saturated rings. The molecule has 0 aromatic heterocycles. The second-order valence-electron chi connectivity index (χ2n) is 6.83. The molecule has 0 radical (unpaired) electrons. The lowest BCUT2D eigenvalue weighted by atomic mass is 9.96. The highest BCUT2D eigenvalue weighted by atomic mass is 16.5. The normalized spacial score (nSPS) is 19.6. The molecular formula is C21H24N2O4. The van der Waals surface area contributed by atoms with E-state index in [1.54, 1.807) is 0 Å². The van der Waals surface area contributed by atoms with Crippen LogP contribution in [0.2, 0.25) is 0 Å². The summed E-state index contributed by atoms with van der Waals surface area (Å²) in [6.07, 6.45) is -0.524. The number of alkyl carbamates (subject to hydrolysis) is 1. The number of benzene rings is 2. The van der Waals surface area contributed by atoms with Crippen molar-refractivity contribution in [2.75, 3.05) is 19.6 Å². The number of carboxylic acid groups (broad SMARTS) is 1. The summed E-state index contributed by atoms with van der Waals surface area (Å²) >= 11 is 0. The SMILES string of the molecule is O=C(NC[C@@H]1CN(Cc2ccccc2)C[C@H]1C(=O)O)OCc1ccccc1. The predicted octanol–water partition coefficient (Wildman–Crippen LogP) is 2.75. The number of nitrogens with zero attached hydrogens (tertiary/aromatic N) is 1. The molecule has 3 rings (SSSR count). The molecule has 142 valence electrons. The van der Waals surface area contributed by atoms with Crippen LogP contribution < -0.4 is 5.32 Å². The average Bonchev–Trinajstić information content (AvgIpc) is 3.09. The van der Waals surface area contributed by atoms with Crippen LogP contribution in [-0.2, 0) is 22.7 Å². The Hall–Kier alpha value is -2.86. The van der Waals surface area contributed by atoms with Crippen molar-refractivity contribution in [3.63, 3.8) is 0 Å². The van der Waals surface area contributed by atoms with Gasteiger partial charge in [-0.2, -0.15) is 0 Å². The Balaban J connectivity index is 1.48. The molecule has 2 aromatic rings.